The van der Waals surface area contributed by atoms with Crippen molar-refractivity contribution in [2.45, 2.75) is 32.5 Å². The minimum atomic E-state index is -0.807. The SMILES string of the molecule is CCOC(OC)O[C@@H](CC#CCOCc1ccccc1)COc1ccc(F)cc1. The van der Waals surface area contributed by atoms with E-state index in [2.05, 4.69) is 11.8 Å². The van der Waals surface area contributed by atoms with E-state index in [1.54, 1.807) is 12.1 Å². The van der Waals surface area contributed by atoms with E-state index in [-0.39, 0.29) is 12.4 Å². The lowest BCUT2D eigenvalue weighted by atomic mass is 10.2. The zero-order valence-corrected chi connectivity index (χ0v) is 16.8. The Morgan fingerprint density at radius 1 is 1.00 bits per heavy atom. The normalized spacial score (nSPS) is 12.7. The topological polar surface area (TPSA) is 46.2 Å². The highest BCUT2D eigenvalue weighted by molar-refractivity contribution is 5.22. The first kappa shape index (κ1) is 22.9. The van der Waals surface area contributed by atoms with Crippen molar-refractivity contribution in [3.8, 4) is 17.6 Å². The summed E-state index contributed by atoms with van der Waals surface area (Å²) in [5.41, 5.74) is 1.10. The molecular formula is C23H27FO5. The number of hydrogen-bond donors (Lipinski definition) is 0. The van der Waals surface area contributed by atoms with Crippen LogP contribution in [-0.2, 0) is 25.6 Å². The quantitative estimate of drug-likeness (QED) is 0.303. The monoisotopic (exact) mass is 402 g/mol. The van der Waals surface area contributed by atoms with Crippen molar-refractivity contribution in [1.29, 1.82) is 0 Å². The minimum absolute atomic E-state index is 0.220. The van der Waals surface area contributed by atoms with Gasteiger partial charge in [-0.25, -0.2) is 4.39 Å². The van der Waals surface area contributed by atoms with Crippen LogP contribution in [0.15, 0.2) is 54.6 Å². The third-order valence-corrected chi connectivity index (χ3v) is 3.79. The minimum Gasteiger partial charge on any atom is -0.491 e. The van der Waals surface area contributed by atoms with Crippen molar-refractivity contribution >= 4 is 0 Å². The molecule has 0 aliphatic rings. The highest BCUT2D eigenvalue weighted by Crippen LogP contribution is 2.13. The van der Waals surface area contributed by atoms with Gasteiger partial charge in [-0.2, -0.15) is 0 Å². The summed E-state index contributed by atoms with van der Waals surface area (Å²) in [4.78, 5) is 0. The summed E-state index contributed by atoms with van der Waals surface area (Å²) in [5.74, 6) is 6.24. The molecule has 0 radical (unpaired) electrons. The third-order valence-electron chi connectivity index (χ3n) is 3.79. The highest BCUT2D eigenvalue weighted by atomic mass is 19.1. The molecule has 0 saturated carbocycles. The Hall–Kier alpha value is -2.43. The molecule has 29 heavy (non-hydrogen) atoms. The lowest BCUT2D eigenvalue weighted by molar-refractivity contribution is -0.294. The van der Waals surface area contributed by atoms with Gasteiger partial charge in [0.2, 0.25) is 0 Å². The average molecular weight is 402 g/mol. The second-order valence-electron chi connectivity index (χ2n) is 6.04. The molecule has 6 heteroatoms. The first-order valence-electron chi connectivity index (χ1n) is 9.47. The summed E-state index contributed by atoms with van der Waals surface area (Å²) in [5, 5.41) is 0. The van der Waals surface area contributed by atoms with E-state index in [4.69, 9.17) is 23.7 Å². The van der Waals surface area contributed by atoms with Gasteiger partial charge in [-0.05, 0) is 36.8 Å². The van der Waals surface area contributed by atoms with Crippen LogP contribution >= 0.6 is 0 Å². The Morgan fingerprint density at radius 2 is 1.76 bits per heavy atom. The van der Waals surface area contributed by atoms with E-state index in [0.717, 1.165) is 5.56 Å². The zero-order chi connectivity index (χ0) is 20.7. The molecule has 0 spiro atoms. The van der Waals surface area contributed by atoms with Gasteiger partial charge in [-0.15, -0.1) is 0 Å². The molecule has 2 aromatic rings. The number of hydrogen-bond acceptors (Lipinski definition) is 5. The summed E-state index contributed by atoms with van der Waals surface area (Å²) < 4.78 is 40.6. The molecule has 0 N–H and O–H groups in total. The molecular weight excluding hydrogens is 375 g/mol. The van der Waals surface area contributed by atoms with Crippen LogP contribution in [-0.4, -0.2) is 39.5 Å². The first-order chi connectivity index (χ1) is 14.2. The molecule has 5 nitrogen and oxygen atoms in total. The Morgan fingerprint density at radius 3 is 2.45 bits per heavy atom. The van der Waals surface area contributed by atoms with Crippen LogP contribution in [0.4, 0.5) is 4.39 Å². The fourth-order valence-corrected chi connectivity index (χ4v) is 2.35. The van der Waals surface area contributed by atoms with Crippen LogP contribution in [0.2, 0.25) is 0 Å². The summed E-state index contributed by atoms with van der Waals surface area (Å²) in [6, 6.07) is 15.7. The van der Waals surface area contributed by atoms with E-state index < -0.39 is 12.6 Å². The van der Waals surface area contributed by atoms with Gasteiger partial charge in [0.05, 0.1) is 6.61 Å². The molecule has 2 rings (SSSR count). The first-order valence-corrected chi connectivity index (χ1v) is 9.47. The van der Waals surface area contributed by atoms with E-state index in [1.165, 1.54) is 19.2 Å². The highest BCUT2D eigenvalue weighted by Gasteiger charge is 2.17. The van der Waals surface area contributed by atoms with E-state index in [0.29, 0.717) is 32.0 Å². The van der Waals surface area contributed by atoms with Crippen molar-refractivity contribution in [3.05, 3.63) is 66.0 Å². The molecule has 0 bridgehead atoms. The molecule has 156 valence electrons. The predicted octanol–water partition coefficient (Wildman–Crippen LogP) is 4.17. The van der Waals surface area contributed by atoms with Crippen molar-refractivity contribution < 1.29 is 28.1 Å². The molecule has 1 unspecified atom stereocenters. The van der Waals surface area contributed by atoms with Crippen molar-refractivity contribution in [1.82, 2.24) is 0 Å². The number of ether oxygens (including phenoxy) is 5. The van der Waals surface area contributed by atoms with Crippen LogP contribution in [0.25, 0.3) is 0 Å². The maximum absolute atomic E-state index is 13.0. The van der Waals surface area contributed by atoms with Crippen molar-refractivity contribution in [2.24, 2.45) is 0 Å². The summed E-state index contributed by atoms with van der Waals surface area (Å²) in [7, 11) is 1.50. The van der Waals surface area contributed by atoms with Crippen LogP contribution in [0.1, 0.15) is 18.9 Å². The van der Waals surface area contributed by atoms with Gasteiger partial charge in [0.1, 0.15) is 30.9 Å². The second kappa shape index (κ2) is 13.7. The van der Waals surface area contributed by atoms with E-state index in [9.17, 15) is 4.39 Å². The van der Waals surface area contributed by atoms with Gasteiger partial charge >= 0.3 is 0 Å². The molecule has 0 aromatic heterocycles. The Balaban J connectivity index is 1.82. The maximum atomic E-state index is 13.0. The molecule has 0 aliphatic carbocycles. The second-order valence-corrected chi connectivity index (χ2v) is 6.04. The number of methoxy groups -OCH3 is 1. The van der Waals surface area contributed by atoms with E-state index >= 15 is 0 Å². The predicted molar refractivity (Wildman–Crippen MR) is 108 cm³/mol. The van der Waals surface area contributed by atoms with E-state index in [1.807, 2.05) is 37.3 Å². The Bertz CT molecular complexity index is 739. The zero-order valence-electron chi connectivity index (χ0n) is 16.8. The lowest BCUT2D eigenvalue weighted by Crippen LogP contribution is -2.30. The average Bonchev–Trinajstić information content (AvgIpc) is 2.75. The number of rotatable bonds is 12. The van der Waals surface area contributed by atoms with Crippen molar-refractivity contribution in [2.75, 3.05) is 26.9 Å². The molecule has 2 aromatic carbocycles. The molecule has 2 atom stereocenters. The summed E-state index contributed by atoms with van der Waals surface area (Å²) >= 11 is 0. The summed E-state index contributed by atoms with van der Waals surface area (Å²) in [6.45, 7) is 2.54. The molecule has 0 heterocycles. The lowest BCUT2D eigenvalue weighted by Gasteiger charge is -2.22. The van der Waals surface area contributed by atoms with Gasteiger partial charge in [-0.1, -0.05) is 42.2 Å². The van der Waals surface area contributed by atoms with Crippen LogP contribution in [0.3, 0.4) is 0 Å². The number of halogens is 1. The van der Waals surface area contributed by atoms with Gasteiger partial charge < -0.3 is 23.7 Å². The van der Waals surface area contributed by atoms with Crippen LogP contribution in [0.5, 0.6) is 5.75 Å². The standard InChI is InChI=1S/C23H27FO5/c1-3-27-23(25-2)29-22(18-28-21-14-12-20(24)13-15-21)11-7-8-16-26-17-19-9-5-4-6-10-19/h4-6,9-10,12-15,22-23H,3,11,16-18H2,1-2H3/t22-,23?/m0/s1. The number of benzene rings is 2. The fourth-order valence-electron chi connectivity index (χ4n) is 2.35. The van der Waals surface area contributed by atoms with Crippen LogP contribution in [0, 0.1) is 17.7 Å². The molecule has 0 aliphatic heterocycles. The smallest absolute Gasteiger partial charge is 0.271 e. The summed E-state index contributed by atoms with van der Waals surface area (Å²) in [6.07, 6.45) is 0.0150. The molecule has 0 fully saturated rings. The van der Waals surface area contributed by atoms with Gasteiger partial charge in [0, 0.05) is 20.1 Å². The molecule has 0 saturated heterocycles. The fraction of sp³-hybridized carbons (Fsp3) is 0.391. The molecule has 0 amide bonds. The van der Waals surface area contributed by atoms with Gasteiger partial charge in [-0.3, -0.25) is 0 Å². The Kier molecular flexibility index (Phi) is 10.8. The largest absolute Gasteiger partial charge is 0.491 e. The van der Waals surface area contributed by atoms with Crippen molar-refractivity contribution in [3.63, 3.8) is 0 Å². The van der Waals surface area contributed by atoms with Crippen LogP contribution < -0.4 is 4.74 Å². The third kappa shape index (κ3) is 9.55. The Labute approximate surface area is 171 Å². The van der Waals surface area contributed by atoms with Gasteiger partial charge in [0.25, 0.3) is 6.48 Å². The van der Waals surface area contributed by atoms with Gasteiger partial charge in [0.15, 0.2) is 0 Å². The maximum Gasteiger partial charge on any atom is 0.271 e.